The Morgan fingerprint density at radius 3 is 2.70 bits per heavy atom. The van der Waals surface area contributed by atoms with E-state index in [-0.39, 0.29) is 10.5 Å². The molecule has 0 spiro atoms. The number of fused-ring (bicyclic) bond motifs is 1. The summed E-state index contributed by atoms with van der Waals surface area (Å²) < 4.78 is 31.3. The first kappa shape index (κ1) is 20.0. The molecule has 0 aliphatic rings. The lowest BCUT2D eigenvalue weighted by Crippen LogP contribution is -2.15. The van der Waals surface area contributed by atoms with Gasteiger partial charge in [0.1, 0.15) is 11.6 Å². The van der Waals surface area contributed by atoms with Crippen molar-refractivity contribution in [1.29, 1.82) is 0 Å². The summed E-state index contributed by atoms with van der Waals surface area (Å²) in [5.41, 5.74) is 1.73. The molecule has 154 valence electrons. The van der Waals surface area contributed by atoms with E-state index in [1.165, 1.54) is 29.5 Å². The highest BCUT2D eigenvalue weighted by atomic mass is 32.2. The average Bonchev–Trinajstić information content (AvgIpc) is 3.29. The second kappa shape index (κ2) is 7.54. The maximum atomic E-state index is 12.8. The molecule has 0 radical (unpaired) electrons. The monoisotopic (exact) mass is 442 g/mol. The first-order chi connectivity index (χ1) is 14.2. The molecule has 0 aliphatic heterocycles. The van der Waals surface area contributed by atoms with Crippen LogP contribution in [0.5, 0.6) is 5.75 Å². The topological polar surface area (TPSA) is 103 Å². The maximum Gasteiger partial charge on any atom is 0.256 e. The van der Waals surface area contributed by atoms with Crippen molar-refractivity contribution in [3.63, 3.8) is 0 Å². The van der Waals surface area contributed by atoms with Crippen LogP contribution in [0, 0.1) is 6.92 Å². The van der Waals surface area contributed by atoms with E-state index < -0.39 is 15.7 Å². The number of sulfone groups is 1. The number of rotatable bonds is 5. The molecule has 0 unspecified atom stereocenters. The molecular formula is C20H18N4O4S2. The minimum Gasteiger partial charge on any atom is -0.497 e. The number of methoxy groups -OCH3 is 1. The fraction of sp³-hybridized carbons (Fsp3) is 0.150. The number of benzene rings is 2. The highest BCUT2D eigenvalue weighted by molar-refractivity contribution is 7.90. The Kier molecular flexibility index (Phi) is 5.04. The number of hydrogen-bond acceptors (Lipinski definition) is 7. The molecule has 0 saturated heterocycles. The van der Waals surface area contributed by atoms with E-state index >= 15 is 0 Å². The molecule has 2 aromatic heterocycles. The van der Waals surface area contributed by atoms with Crippen molar-refractivity contribution in [3.05, 3.63) is 59.8 Å². The second-order valence-electron chi connectivity index (χ2n) is 6.67. The molecule has 0 fully saturated rings. The van der Waals surface area contributed by atoms with Crippen molar-refractivity contribution in [1.82, 2.24) is 14.8 Å². The van der Waals surface area contributed by atoms with Crippen LogP contribution in [0.25, 0.3) is 15.3 Å². The number of nitrogens with one attached hydrogen (secondary N) is 1. The van der Waals surface area contributed by atoms with Gasteiger partial charge in [-0.05, 0) is 43.3 Å². The van der Waals surface area contributed by atoms with E-state index in [0.29, 0.717) is 16.6 Å². The minimum absolute atomic E-state index is 0.0833. The summed E-state index contributed by atoms with van der Waals surface area (Å²) in [5.74, 6) is 0.728. The van der Waals surface area contributed by atoms with Gasteiger partial charge in [0.25, 0.3) is 5.91 Å². The quantitative estimate of drug-likeness (QED) is 0.508. The number of carbonyl (C=O) groups is 1. The average molecular weight is 443 g/mol. The van der Waals surface area contributed by atoms with Gasteiger partial charge in [-0.2, -0.15) is 9.78 Å². The molecule has 2 aromatic carbocycles. The van der Waals surface area contributed by atoms with Gasteiger partial charge in [0.2, 0.25) is 5.13 Å². The molecule has 30 heavy (non-hydrogen) atoms. The maximum absolute atomic E-state index is 12.8. The molecule has 0 aliphatic carbocycles. The van der Waals surface area contributed by atoms with E-state index in [9.17, 15) is 13.2 Å². The zero-order chi connectivity index (χ0) is 21.5. The molecule has 0 atom stereocenters. The Hall–Kier alpha value is -3.24. The second-order valence-corrected chi connectivity index (χ2v) is 9.69. The summed E-state index contributed by atoms with van der Waals surface area (Å²) >= 11 is 1.41. The van der Waals surface area contributed by atoms with Crippen LogP contribution < -0.4 is 10.1 Å². The fourth-order valence-electron chi connectivity index (χ4n) is 2.90. The van der Waals surface area contributed by atoms with Crippen LogP contribution in [0.1, 0.15) is 16.1 Å². The number of aryl methyl sites for hydroxylation is 1. The predicted molar refractivity (Wildman–Crippen MR) is 116 cm³/mol. The van der Waals surface area contributed by atoms with Crippen LogP contribution in [0.15, 0.2) is 53.4 Å². The van der Waals surface area contributed by atoms with Crippen molar-refractivity contribution in [3.8, 4) is 10.9 Å². The van der Waals surface area contributed by atoms with Gasteiger partial charge >= 0.3 is 0 Å². The van der Waals surface area contributed by atoms with Gasteiger partial charge in [-0.1, -0.05) is 17.4 Å². The molecular weight excluding hydrogens is 424 g/mol. The minimum atomic E-state index is -3.42. The number of thiazole rings is 1. The van der Waals surface area contributed by atoms with Crippen LogP contribution in [0.2, 0.25) is 0 Å². The zero-order valence-electron chi connectivity index (χ0n) is 16.4. The summed E-state index contributed by atoms with van der Waals surface area (Å²) in [5, 5.41) is 7.83. The molecule has 4 aromatic rings. The molecule has 8 nitrogen and oxygen atoms in total. The highest BCUT2D eigenvalue weighted by Crippen LogP contribution is 2.30. The van der Waals surface area contributed by atoms with Crippen molar-refractivity contribution in [2.45, 2.75) is 11.8 Å². The largest absolute Gasteiger partial charge is 0.497 e. The first-order valence-corrected chi connectivity index (χ1v) is 11.6. The Labute approximate surface area is 177 Å². The summed E-state index contributed by atoms with van der Waals surface area (Å²) in [6.45, 7) is 1.81. The number of hydrogen-bond donors (Lipinski definition) is 1. The van der Waals surface area contributed by atoms with Crippen LogP contribution >= 0.6 is 11.3 Å². The van der Waals surface area contributed by atoms with E-state index in [0.717, 1.165) is 22.2 Å². The van der Waals surface area contributed by atoms with E-state index in [1.54, 1.807) is 23.9 Å². The summed E-state index contributed by atoms with van der Waals surface area (Å²) in [6.07, 6.45) is 1.10. The van der Waals surface area contributed by atoms with Crippen LogP contribution in [-0.2, 0) is 9.84 Å². The van der Waals surface area contributed by atoms with Crippen LogP contribution in [0.3, 0.4) is 0 Å². The van der Waals surface area contributed by atoms with Crippen molar-refractivity contribution in [2.24, 2.45) is 0 Å². The summed E-state index contributed by atoms with van der Waals surface area (Å²) in [6, 6.07) is 13.2. The predicted octanol–water partition coefficient (Wildman–Crippen LogP) is 3.45. The fourth-order valence-corrected chi connectivity index (χ4v) is 4.53. The molecule has 1 amide bonds. The standard InChI is InChI=1S/C20H18N4O4S2/c1-12-9-18(22-19(25)13-5-4-6-15(10-13)30(3,26)27)24(23-12)20-21-16-8-7-14(28-2)11-17(16)29-20/h4-11H,1-3H3,(H,22,25). The lowest BCUT2D eigenvalue weighted by molar-refractivity contribution is 0.102. The SMILES string of the molecule is COc1ccc2nc(-n3nc(C)cc3NC(=O)c3cccc(S(C)(=O)=O)c3)sc2c1. The Morgan fingerprint density at radius 2 is 1.97 bits per heavy atom. The highest BCUT2D eigenvalue weighted by Gasteiger charge is 2.17. The third-order valence-electron chi connectivity index (χ3n) is 4.36. The third-order valence-corrected chi connectivity index (χ3v) is 6.47. The molecule has 4 rings (SSSR count). The van der Waals surface area contributed by atoms with Crippen molar-refractivity contribution < 1.29 is 17.9 Å². The summed E-state index contributed by atoms with van der Waals surface area (Å²) in [4.78, 5) is 17.4. The Morgan fingerprint density at radius 1 is 1.17 bits per heavy atom. The summed E-state index contributed by atoms with van der Waals surface area (Å²) in [7, 11) is -1.81. The van der Waals surface area contributed by atoms with Gasteiger partial charge in [0.15, 0.2) is 9.84 Å². The van der Waals surface area contributed by atoms with Crippen LogP contribution in [0.4, 0.5) is 5.82 Å². The molecule has 1 N–H and O–H groups in total. The van der Waals surface area contributed by atoms with Gasteiger partial charge in [-0.3, -0.25) is 4.79 Å². The lowest BCUT2D eigenvalue weighted by atomic mass is 10.2. The molecule has 2 heterocycles. The van der Waals surface area contributed by atoms with Gasteiger partial charge in [0.05, 0.1) is 27.9 Å². The van der Waals surface area contributed by atoms with Gasteiger partial charge < -0.3 is 10.1 Å². The van der Waals surface area contributed by atoms with Gasteiger partial charge in [-0.25, -0.2) is 13.4 Å². The van der Waals surface area contributed by atoms with Crippen LogP contribution in [-0.4, -0.2) is 42.5 Å². The van der Waals surface area contributed by atoms with Gasteiger partial charge in [-0.15, -0.1) is 0 Å². The lowest BCUT2D eigenvalue weighted by Gasteiger charge is -2.07. The molecule has 0 saturated carbocycles. The first-order valence-electron chi connectivity index (χ1n) is 8.88. The number of ether oxygens (including phenoxy) is 1. The van der Waals surface area contributed by atoms with E-state index in [1.807, 2.05) is 25.1 Å². The Balaban J connectivity index is 1.68. The number of aromatic nitrogens is 3. The third kappa shape index (κ3) is 3.91. The number of anilines is 1. The van der Waals surface area contributed by atoms with E-state index in [4.69, 9.17) is 4.74 Å². The smallest absolute Gasteiger partial charge is 0.256 e. The van der Waals surface area contributed by atoms with Crippen molar-refractivity contribution in [2.75, 3.05) is 18.7 Å². The van der Waals surface area contributed by atoms with Crippen molar-refractivity contribution >= 4 is 43.1 Å². The number of carbonyl (C=O) groups excluding carboxylic acids is 1. The number of nitrogens with zero attached hydrogens (tertiary/aromatic N) is 3. The Bertz CT molecular complexity index is 1370. The number of amides is 1. The van der Waals surface area contributed by atoms with Gasteiger partial charge in [0, 0.05) is 17.9 Å². The zero-order valence-corrected chi connectivity index (χ0v) is 18.0. The molecule has 0 bridgehead atoms. The molecule has 10 heteroatoms. The van der Waals surface area contributed by atoms with E-state index in [2.05, 4.69) is 15.4 Å². The normalized spacial score (nSPS) is 11.6.